The summed E-state index contributed by atoms with van der Waals surface area (Å²) in [6, 6.07) is 5.80. The van der Waals surface area contributed by atoms with E-state index < -0.39 is 5.97 Å². The molecule has 0 aliphatic carbocycles. The number of hydrogen-bond acceptors (Lipinski definition) is 3. The van der Waals surface area contributed by atoms with Gasteiger partial charge in [0.1, 0.15) is 0 Å². The first-order valence-corrected chi connectivity index (χ1v) is 7.34. The molecule has 1 atom stereocenters. The van der Waals surface area contributed by atoms with Crippen LogP contribution < -0.4 is 5.32 Å². The van der Waals surface area contributed by atoms with Gasteiger partial charge in [-0.2, -0.15) is 0 Å². The maximum atomic E-state index is 11.2. The molecule has 2 rings (SSSR count). The molecule has 1 unspecified atom stereocenters. The standard InChI is InChI=1S/C14H19BrN2O2/c1-17-7-3-2-4-11(17)9-16-13-6-5-10(15)8-12(13)14(18)19/h5-6,8,11,16H,2-4,7,9H2,1H3,(H,18,19). The number of rotatable bonds is 4. The number of aromatic carboxylic acids is 1. The average molecular weight is 327 g/mol. The van der Waals surface area contributed by atoms with E-state index >= 15 is 0 Å². The number of halogens is 1. The molecule has 1 aliphatic rings. The van der Waals surface area contributed by atoms with Gasteiger partial charge in [-0.25, -0.2) is 4.79 Å². The molecule has 1 heterocycles. The van der Waals surface area contributed by atoms with E-state index in [0.717, 1.165) is 17.6 Å². The highest BCUT2D eigenvalue weighted by Crippen LogP contribution is 2.22. The topological polar surface area (TPSA) is 52.6 Å². The zero-order chi connectivity index (χ0) is 13.8. The van der Waals surface area contributed by atoms with Crippen molar-refractivity contribution < 1.29 is 9.90 Å². The van der Waals surface area contributed by atoms with E-state index in [1.54, 1.807) is 6.07 Å². The summed E-state index contributed by atoms with van der Waals surface area (Å²) in [5.41, 5.74) is 1.00. The highest BCUT2D eigenvalue weighted by molar-refractivity contribution is 9.10. The maximum Gasteiger partial charge on any atom is 0.337 e. The van der Waals surface area contributed by atoms with Gasteiger partial charge >= 0.3 is 5.97 Å². The fraction of sp³-hybridized carbons (Fsp3) is 0.500. The summed E-state index contributed by atoms with van der Waals surface area (Å²) >= 11 is 3.30. The van der Waals surface area contributed by atoms with Crippen molar-refractivity contribution in [1.29, 1.82) is 0 Å². The minimum absolute atomic E-state index is 0.313. The summed E-state index contributed by atoms with van der Waals surface area (Å²) in [5.74, 6) is -0.902. The number of carbonyl (C=O) groups is 1. The number of carboxylic acids is 1. The van der Waals surface area contributed by atoms with Gasteiger partial charge in [0.2, 0.25) is 0 Å². The maximum absolute atomic E-state index is 11.2. The first-order chi connectivity index (χ1) is 9.08. The quantitative estimate of drug-likeness (QED) is 0.892. The summed E-state index contributed by atoms with van der Waals surface area (Å²) < 4.78 is 0.783. The minimum Gasteiger partial charge on any atom is -0.478 e. The van der Waals surface area contributed by atoms with Crippen molar-refractivity contribution >= 4 is 27.6 Å². The second kappa shape index (κ2) is 6.39. The predicted molar refractivity (Wildman–Crippen MR) is 79.9 cm³/mol. The van der Waals surface area contributed by atoms with Crippen LogP contribution >= 0.6 is 15.9 Å². The van der Waals surface area contributed by atoms with E-state index in [0.29, 0.717) is 17.3 Å². The molecule has 1 aliphatic heterocycles. The van der Waals surface area contributed by atoms with Crippen LogP contribution in [0.4, 0.5) is 5.69 Å². The molecule has 0 bridgehead atoms. The molecule has 0 aromatic heterocycles. The number of nitrogens with zero attached hydrogens (tertiary/aromatic N) is 1. The molecule has 1 fully saturated rings. The lowest BCUT2D eigenvalue weighted by Crippen LogP contribution is -2.40. The summed E-state index contributed by atoms with van der Waals surface area (Å²) in [5, 5.41) is 12.5. The largest absolute Gasteiger partial charge is 0.478 e. The van der Waals surface area contributed by atoms with Gasteiger partial charge in [0.15, 0.2) is 0 Å². The van der Waals surface area contributed by atoms with Crippen molar-refractivity contribution in [1.82, 2.24) is 4.90 Å². The monoisotopic (exact) mass is 326 g/mol. The van der Waals surface area contributed by atoms with Crippen molar-refractivity contribution in [3.63, 3.8) is 0 Å². The summed E-state index contributed by atoms with van der Waals surface area (Å²) in [6.45, 7) is 1.91. The molecule has 19 heavy (non-hydrogen) atoms. The Morgan fingerprint density at radius 2 is 2.32 bits per heavy atom. The number of piperidine rings is 1. The average Bonchev–Trinajstić information content (AvgIpc) is 2.38. The molecule has 0 amide bonds. The Labute approximate surface area is 121 Å². The fourth-order valence-corrected chi connectivity index (χ4v) is 2.84. The summed E-state index contributed by atoms with van der Waals surface area (Å²) in [6.07, 6.45) is 3.68. The lowest BCUT2D eigenvalue weighted by atomic mass is 10.0. The van der Waals surface area contributed by atoms with Crippen LogP contribution in [0, 0.1) is 0 Å². The van der Waals surface area contributed by atoms with Crippen LogP contribution in [0.15, 0.2) is 22.7 Å². The Hall–Kier alpha value is -1.07. The smallest absolute Gasteiger partial charge is 0.337 e. The Morgan fingerprint density at radius 3 is 3.00 bits per heavy atom. The van der Waals surface area contributed by atoms with E-state index in [-0.39, 0.29) is 0 Å². The van der Waals surface area contributed by atoms with Crippen molar-refractivity contribution in [3.05, 3.63) is 28.2 Å². The molecule has 2 N–H and O–H groups in total. The Bertz CT molecular complexity index is 465. The number of anilines is 1. The normalized spacial score (nSPS) is 20.2. The number of likely N-dealkylation sites (tertiary alicyclic amines) is 1. The first-order valence-electron chi connectivity index (χ1n) is 6.55. The van der Waals surface area contributed by atoms with Gasteiger partial charge in [-0.05, 0) is 44.6 Å². The molecule has 0 radical (unpaired) electrons. The van der Waals surface area contributed by atoms with Crippen LogP contribution in [-0.4, -0.2) is 42.2 Å². The van der Waals surface area contributed by atoms with Crippen molar-refractivity contribution in [2.45, 2.75) is 25.3 Å². The summed E-state index contributed by atoms with van der Waals surface area (Å²) in [4.78, 5) is 13.6. The number of nitrogens with one attached hydrogen (secondary N) is 1. The van der Waals surface area contributed by atoms with E-state index in [9.17, 15) is 9.90 Å². The fourth-order valence-electron chi connectivity index (χ4n) is 2.48. The van der Waals surface area contributed by atoms with Crippen LogP contribution in [0.1, 0.15) is 29.6 Å². The van der Waals surface area contributed by atoms with Gasteiger partial charge in [0, 0.05) is 22.7 Å². The van der Waals surface area contributed by atoms with E-state index in [4.69, 9.17) is 0 Å². The molecule has 4 nitrogen and oxygen atoms in total. The van der Waals surface area contributed by atoms with Gasteiger partial charge < -0.3 is 15.3 Å². The third-order valence-electron chi connectivity index (χ3n) is 3.66. The van der Waals surface area contributed by atoms with Crippen molar-refractivity contribution in [2.75, 3.05) is 25.5 Å². The number of carboxylic acid groups (broad SMARTS) is 1. The van der Waals surface area contributed by atoms with Crippen LogP contribution in [0.2, 0.25) is 0 Å². The number of likely N-dealkylation sites (N-methyl/N-ethyl adjacent to an activating group) is 1. The number of benzene rings is 1. The summed E-state index contributed by atoms with van der Waals surface area (Å²) in [7, 11) is 2.13. The Kier molecular flexibility index (Phi) is 4.82. The van der Waals surface area contributed by atoms with Gasteiger partial charge in [0.25, 0.3) is 0 Å². The third kappa shape index (κ3) is 3.70. The third-order valence-corrected chi connectivity index (χ3v) is 4.15. The van der Waals surface area contributed by atoms with Crippen LogP contribution in [0.25, 0.3) is 0 Å². The molecule has 1 saturated heterocycles. The van der Waals surface area contributed by atoms with E-state index in [1.165, 1.54) is 19.3 Å². The van der Waals surface area contributed by atoms with Gasteiger partial charge in [-0.15, -0.1) is 0 Å². The molecule has 104 valence electrons. The SMILES string of the molecule is CN1CCCCC1CNc1ccc(Br)cc1C(=O)O. The molecule has 1 aromatic carbocycles. The van der Waals surface area contributed by atoms with Crippen molar-refractivity contribution in [2.24, 2.45) is 0 Å². The van der Waals surface area contributed by atoms with Crippen molar-refractivity contribution in [3.8, 4) is 0 Å². The van der Waals surface area contributed by atoms with Gasteiger partial charge in [0.05, 0.1) is 5.56 Å². The highest BCUT2D eigenvalue weighted by Gasteiger charge is 2.19. The second-order valence-corrected chi connectivity index (χ2v) is 5.92. The number of hydrogen-bond donors (Lipinski definition) is 2. The second-order valence-electron chi connectivity index (χ2n) is 5.01. The molecule has 1 aromatic rings. The molecule has 5 heteroatoms. The van der Waals surface area contributed by atoms with E-state index in [2.05, 4.69) is 33.2 Å². The lowest BCUT2D eigenvalue weighted by molar-refractivity contribution is 0.0698. The highest BCUT2D eigenvalue weighted by atomic mass is 79.9. The molecular weight excluding hydrogens is 308 g/mol. The van der Waals surface area contributed by atoms with Gasteiger partial charge in [-0.1, -0.05) is 22.4 Å². The van der Waals surface area contributed by atoms with Crippen LogP contribution in [-0.2, 0) is 0 Å². The van der Waals surface area contributed by atoms with Crippen LogP contribution in [0.3, 0.4) is 0 Å². The first kappa shape index (κ1) is 14.3. The zero-order valence-corrected chi connectivity index (χ0v) is 12.6. The zero-order valence-electron chi connectivity index (χ0n) is 11.0. The van der Waals surface area contributed by atoms with Crippen LogP contribution in [0.5, 0.6) is 0 Å². The molecule has 0 spiro atoms. The van der Waals surface area contributed by atoms with Gasteiger partial charge in [-0.3, -0.25) is 0 Å². The Balaban J connectivity index is 2.04. The molecular formula is C14H19BrN2O2. The minimum atomic E-state index is -0.902. The molecule has 0 saturated carbocycles. The van der Waals surface area contributed by atoms with E-state index in [1.807, 2.05) is 12.1 Å². The lowest BCUT2D eigenvalue weighted by Gasteiger charge is -2.32. The Morgan fingerprint density at radius 1 is 1.53 bits per heavy atom. The predicted octanol–water partition coefficient (Wildman–Crippen LogP) is 3.04.